The predicted molar refractivity (Wildman–Crippen MR) is 275 cm³/mol. The highest BCUT2D eigenvalue weighted by molar-refractivity contribution is 5.71. The summed E-state index contributed by atoms with van der Waals surface area (Å²) >= 11 is 0. The molecule has 0 rings (SSSR count). The van der Waals surface area contributed by atoms with E-state index in [1.165, 1.54) is 199 Å². The van der Waals surface area contributed by atoms with Gasteiger partial charge < -0.3 is 14.2 Å². The van der Waals surface area contributed by atoms with E-state index < -0.39 is 6.10 Å². The van der Waals surface area contributed by atoms with Crippen LogP contribution in [0.5, 0.6) is 0 Å². The molecule has 0 aromatic rings. The normalized spacial score (nSPS) is 12.1. The first-order chi connectivity index (χ1) is 31.1. The van der Waals surface area contributed by atoms with Crippen molar-refractivity contribution in [1.82, 2.24) is 0 Å². The molecule has 0 aliphatic heterocycles. The highest BCUT2D eigenvalue weighted by Crippen LogP contribution is 2.18. The van der Waals surface area contributed by atoms with Crippen LogP contribution in [0.3, 0.4) is 0 Å². The Balaban J connectivity index is 4.31. The van der Waals surface area contributed by atoms with Crippen LogP contribution in [0.25, 0.3) is 0 Å². The third-order valence-electron chi connectivity index (χ3n) is 13.1. The summed E-state index contributed by atoms with van der Waals surface area (Å²) in [4.78, 5) is 38.1. The molecule has 6 heteroatoms. The summed E-state index contributed by atoms with van der Waals surface area (Å²) < 4.78 is 16.9. The van der Waals surface area contributed by atoms with Crippen LogP contribution in [0.4, 0.5) is 0 Å². The second-order valence-electron chi connectivity index (χ2n) is 21.4. The smallest absolute Gasteiger partial charge is 0.306 e. The molecular formula is C58H112O6. The van der Waals surface area contributed by atoms with Crippen molar-refractivity contribution < 1.29 is 28.6 Å². The van der Waals surface area contributed by atoms with Crippen LogP contribution in [0, 0.1) is 17.8 Å². The molecule has 64 heavy (non-hydrogen) atoms. The van der Waals surface area contributed by atoms with E-state index in [2.05, 4.69) is 41.5 Å². The SMILES string of the molecule is CC(C)CCCCCCCCCCCCCCCCC(=O)O[C@@H](COC(=O)CCCCCCCCCCCCCCC(C)C)COC(=O)CCCCCCCCCCCCCC(C)C. The molecule has 0 spiro atoms. The maximum Gasteiger partial charge on any atom is 0.306 e. The summed E-state index contributed by atoms with van der Waals surface area (Å²) in [6.45, 7) is 13.8. The number of hydrogen-bond donors (Lipinski definition) is 0. The second kappa shape index (κ2) is 49.3. The van der Waals surface area contributed by atoms with Crippen molar-refractivity contribution in [3.8, 4) is 0 Å². The third kappa shape index (κ3) is 51.4. The van der Waals surface area contributed by atoms with Gasteiger partial charge in [-0.3, -0.25) is 14.4 Å². The third-order valence-corrected chi connectivity index (χ3v) is 13.1. The van der Waals surface area contributed by atoms with Gasteiger partial charge in [0.15, 0.2) is 6.10 Å². The summed E-state index contributed by atoms with van der Waals surface area (Å²) in [5.41, 5.74) is 0. The fraction of sp³-hybridized carbons (Fsp3) is 0.948. The Morgan fingerprint density at radius 3 is 0.672 bits per heavy atom. The molecule has 0 heterocycles. The Hall–Kier alpha value is -1.59. The summed E-state index contributed by atoms with van der Waals surface area (Å²) in [6.07, 6.45) is 50.9. The van der Waals surface area contributed by atoms with Crippen molar-refractivity contribution in [2.45, 2.75) is 324 Å². The quantitative estimate of drug-likeness (QED) is 0.0344. The number of carbonyl (C=O) groups excluding carboxylic acids is 3. The lowest BCUT2D eigenvalue weighted by atomic mass is 10.0. The van der Waals surface area contributed by atoms with Crippen LogP contribution in [0.15, 0.2) is 0 Å². The topological polar surface area (TPSA) is 78.9 Å². The van der Waals surface area contributed by atoms with E-state index in [0.29, 0.717) is 19.3 Å². The van der Waals surface area contributed by atoms with Crippen molar-refractivity contribution in [2.75, 3.05) is 13.2 Å². The van der Waals surface area contributed by atoms with Crippen molar-refractivity contribution in [1.29, 1.82) is 0 Å². The van der Waals surface area contributed by atoms with Gasteiger partial charge in [-0.2, -0.15) is 0 Å². The van der Waals surface area contributed by atoms with Gasteiger partial charge in [0.25, 0.3) is 0 Å². The lowest BCUT2D eigenvalue weighted by Gasteiger charge is -2.18. The van der Waals surface area contributed by atoms with Crippen LogP contribution in [0.2, 0.25) is 0 Å². The Morgan fingerprint density at radius 1 is 0.266 bits per heavy atom. The molecule has 1 atom stereocenters. The molecule has 0 aromatic heterocycles. The first kappa shape index (κ1) is 62.4. The first-order valence-electron chi connectivity index (χ1n) is 28.6. The van der Waals surface area contributed by atoms with Gasteiger partial charge in [-0.15, -0.1) is 0 Å². The summed E-state index contributed by atoms with van der Waals surface area (Å²) in [5, 5.41) is 0. The summed E-state index contributed by atoms with van der Waals surface area (Å²) in [6, 6.07) is 0. The van der Waals surface area contributed by atoms with Crippen LogP contribution in [-0.2, 0) is 28.6 Å². The van der Waals surface area contributed by atoms with E-state index in [9.17, 15) is 14.4 Å². The van der Waals surface area contributed by atoms with Crippen LogP contribution >= 0.6 is 0 Å². The average molecular weight is 906 g/mol. The molecule has 0 N–H and O–H groups in total. The maximum absolute atomic E-state index is 12.8. The van der Waals surface area contributed by atoms with Crippen LogP contribution < -0.4 is 0 Å². The number of unbranched alkanes of at least 4 members (excludes halogenated alkanes) is 34. The minimum atomic E-state index is -0.763. The Bertz CT molecular complexity index is 991. The van der Waals surface area contributed by atoms with Crippen molar-refractivity contribution in [3.63, 3.8) is 0 Å². The van der Waals surface area contributed by atoms with E-state index in [0.717, 1.165) is 75.5 Å². The second-order valence-corrected chi connectivity index (χ2v) is 21.4. The van der Waals surface area contributed by atoms with Crippen molar-refractivity contribution in [2.24, 2.45) is 17.8 Å². The molecule has 380 valence electrons. The molecule has 0 aliphatic rings. The fourth-order valence-corrected chi connectivity index (χ4v) is 8.82. The van der Waals surface area contributed by atoms with Gasteiger partial charge in [0, 0.05) is 19.3 Å². The minimum Gasteiger partial charge on any atom is -0.462 e. The van der Waals surface area contributed by atoms with E-state index in [1.807, 2.05) is 0 Å². The van der Waals surface area contributed by atoms with E-state index in [-0.39, 0.29) is 31.1 Å². The molecule has 0 unspecified atom stereocenters. The average Bonchev–Trinajstić information content (AvgIpc) is 3.25. The Morgan fingerprint density at radius 2 is 0.453 bits per heavy atom. The molecule has 0 saturated heterocycles. The van der Waals surface area contributed by atoms with Gasteiger partial charge in [0.1, 0.15) is 13.2 Å². The molecule has 0 aliphatic carbocycles. The number of ether oxygens (including phenoxy) is 3. The van der Waals surface area contributed by atoms with Gasteiger partial charge in [-0.05, 0) is 37.0 Å². The molecule has 0 radical (unpaired) electrons. The van der Waals surface area contributed by atoms with E-state index >= 15 is 0 Å². The maximum atomic E-state index is 12.8. The van der Waals surface area contributed by atoms with Gasteiger partial charge in [-0.1, -0.05) is 279 Å². The summed E-state index contributed by atoms with van der Waals surface area (Å²) in [7, 11) is 0. The molecule has 0 saturated carbocycles. The minimum absolute atomic E-state index is 0.0637. The fourth-order valence-electron chi connectivity index (χ4n) is 8.82. The Labute approximate surface area is 399 Å². The highest BCUT2D eigenvalue weighted by atomic mass is 16.6. The number of hydrogen-bond acceptors (Lipinski definition) is 6. The zero-order valence-corrected chi connectivity index (χ0v) is 44.1. The van der Waals surface area contributed by atoms with Crippen LogP contribution in [0.1, 0.15) is 318 Å². The van der Waals surface area contributed by atoms with Gasteiger partial charge >= 0.3 is 17.9 Å². The van der Waals surface area contributed by atoms with E-state index in [1.54, 1.807) is 0 Å². The number of carbonyl (C=O) groups is 3. The summed E-state index contributed by atoms with van der Waals surface area (Å²) in [5.74, 6) is 1.66. The predicted octanol–water partition coefficient (Wildman–Crippen LogP) is 18.7. The van der Waals surface area contributed by atoms with Gasteiger partial charge in [0.05, 0.1) is 0 Å². The zero-order chi connectivity index (χ0) is 47.0. The lowest BCUT2D eigenvalue weighted by Crippen LogP contribution is -2.30. The monoisotopic (exact) mass is 905 g/mol. The lowest BCUT2D eigenvalue weighted by molar-refractivity contribution is -0.167. The number of esters is 3. The Kier molecular flexibility index (Phi) is 48.1. The highest BCUT2D eigenvalue weighted by Gasteiger charge is 2.19. The van der Waals surface area contributed by atoms with Crippen molar-refractivity contribution in [3.05, 3.63) is 0 Å². The van der Waals surface area contributed by atoms with Crippen molar-refractivity contribution >= 4 is 17.9 Å². The standard InChI is InChI=1S/C58H112O6/c1-52(2)44-38-32-26-20-14-9-7-8-10-18-25-31-37-43-49-58(61)64-55(51-63-57(60)48-42-36-30-24-19-13-16-22-28-34-40-46-54(5)6)50-62-56(59)47-41-35-29-23-17-12-11-15-21-27-33-39-45-53(3)4/h52-55H,7-51H2,1-6H3/t55-/m0/s1. The molecule has 6 nitrogen and oxygen atoms in total. The molecule has 0 bridgehead atoms. The van der Waals surface area contributed by atoms with Crippen LogP contribution in [-0.4, -0.2) is 37.2 Å². The molecule has 0 aromatic carbocycles. The number of rotatable bonds is 51. The molecule has 0 amide bonds. The van der Waals surface area contributed by atoms with Gasteiger partial charge in [-0.25, -0.2) is 0 Å². The zero-order valence-electron chi connectivity index (χ0n) is 44.1. The van der Waals surface area contributed by atoms with E-state index in [4.69, 9.17) is 14.2 Å². The first-order valence-corrected chi connectivity index (χ1v) is 28.6. The van der Waals surface area contributed by atoms with Gasteiger partial charge in [0.2, 0.25) is 0 Å². The molecular weight excluding hydrogens is 793 g/mol. The molecule has 0 fully saturated rings. The largest absolute Gasteiger partial charge is 0.462 e.